The summed E-state index contributed by atoms with van der Waals surface area (Å²) >= 11 is 0. The lowest BCUT2D eigenvalue weighted by molar-refractivity contribution is 0.0566. The van der Waals surface area contributed by atoms with E-state index in [9.17, 15) is 13.6 Å². The topological polar surface area (TPSA) is 123 Å². The van der Waals surface area contributed by atoms with Crippen molar-refractivity contribution in [1.82, 2.24) is 44.5 Å². The number of alkyl halides is 2. The van der Waals surface area contributed by atoms with Gasteiger partial charge in [0.15, 0.2) is 0 Å². The molecule has 13 heteroatoms. The van der Waals surface area contributed by atoms with E-state index in [-0.39, 0.29) is 17.5 Å². The van der Waals surface area contributed by atoms with Crippen LogP contribution in [-0.4, -0.2) is 56.9 Å². The van der Waals surface area contributed by atoms with Gasteiger partial charge >= 0.3 is 18.3 Å². The molecule has 0 aliphatic carbocycles. The van der Waals surface area contributed by atoms with Crippen LogP contribution < -0.4 is 0 Å². The number of aromatic nitrogens is 8. The van der Waals surface area contributed by atoms with Crippen molar-refractivity contribution in [1.29, 1.82) is 0 Å². The Balaban J connectivity index is 1.37. The number of amides is 1. The molecule has 0 aromatic carbocycles. The number of carbonyl (C=O) groups is 1. The molecule has 0 fully saturated rings. The summed E-state index contributed by atoms with van der Waals surface area (Å²) in [5.74, 6) is -0.912. The summed E-state index contributed by atoms with van der Waals surface area (Å²) < 4.78 is 33.4. The molecule has 5 aromatic heterocycles. The molecule has 0 radical (unpaired) electrons. The van der Waals surface area contributed by atoms with Crippen molar-refractivity contribution < 1.29 is 18.0 Å². The number of nitrogens with zero attached hydrogens (tertiary/aromatic N) is 8. The number of fused-ring (bicyclic) bond motifs is 2. The average Bonchev–Trinajstić information content (AvgIpc) is 3.62. The van der Waals surface area contributed by atoms with Gasteiger partial charge in [0.1, 0.15) is 11.7 Å². The maximum Gasteiger partial charge on any atom is 0.333 e. The van der Waals surface area contributed by atoms with Crippen molar-refractivity contribution >= 4 is 11.4 Å². The number of nitrogens with one attached hydrogen (secondary N) is 1. The van der Waals surface area contributed by atoms with Gasteiger partial charge in [-0.3, -0.25) is 4.79 Å². The van der Waals surface area contributed by atoms with Crippen molar-refractivity contribution in [3.63, 3.8) is 0 Å². The second kappa shape index (κ2) is 7.57. The Hall–Kier alpha value is -4.42. The van der Waals surface area contributed by atoms with Gasteiger partial charge in [0.05, 0.1) is 23.2 Å². The summed E-state index contributed by atoms with van der Waals surface area (Å²) in [6.07, 6.45) is 5.09. The van der Waals surface area contributed by atoms with E-state index in [1.807, 2.05) is 31.3 Å². The second-order valence-corrected chi connectivity index (χ2v) is 7.88. The minimum atomic E-state index is -2.80. The van der Waals surface area contributed by atoms with Gasteiger partial charge < -0.3 is 14.3 Å². The van der Waals surface area contributed by atoms with Crippen molar-refractivity contribution in [2.24, 2.45) is 0 Å². The Morgan fingerprint density at radius 3 is 2.91 bits per heavy atom. The highest BCUT2D eigenvalue weighted by Crippen LogP contribution is 2.34. The van der Waals surface area contributed by atoms with Gasteiger partial charge in [-0.25, -0.2) is 14.2 Å². The van der Waals surface area contributed by atoms with Crippen LogP contribution in [0.25, 0.3) is 17.1 Å². The molecule has 6 heterocycles. The molecule has 1 aliphatic heterocycles. The maximum absolute atomic E-state index is 13.5. The lowest BCUT2D eigenvalue weighted by atomic mass is 9.99. The van der Waals surface area contributed by atoms with Gasteiger partial charge in [-0.2, -0.15) is 19.0 Å². The highest BCUT2D eigenvalue weighted by Gasteiger charge is 2.38. The SMILES string of the molecule is Cc1cccn2nc([C@H]3c4nc[nH]c4CCN3C(=O)c3nnc(-c4ccn(C(F)F)n4)o3)cc12. The fourth-order valence-corrected chi connectivity index (χ4v) is 4.20. The first-order valence-electron chi connectivity index (χ1n) is 10.4. The Kier molecular flexibility index (Phi) is 4.50. The summed E-state index contributed by atoms with van der Waals surface area (Å²) in [4.78, 5) is 22.6. The maximum atomic E-state index is 13.5. The Labute approximate surface area is 190 Å². The molecule has 0 saturated heterocycles. The fraction of sp³-hybridized carbons (Fsp3) is 0.238. The molecular weight excluding hydrogens is 448 g/mol. The minimum absolute atomic E-state index is 0.0486. The number of aromatic amines is 1. The van der Waals surface area contributed by atoms with Gasteiger partial charge in [-0.05, 0) is 30.7 Å². The highest BCUT2D eigenvalue weighted by molar-refractivity contribution is 5.90. The van der Waals surface area contributed by atoms with Crippen molar-refractivity contribution in [3.05, 3.63) is 71.5 Å². The number of halogens is 2. The summed E-state index contributed by atoms with van der Waals surface area (Å²) in [6, 6.07) is 6.56. The van der Waals surface area contributed by atoms with Gasteiger partial charge in [0.25, 0.3) is 5.89 Å². The number of rotatable bonds is 4. The van der Waals surface area contributed by atoms with Crippen molar-refractivity contribution in [3.8, 4) is 11.6 Å². The zero-order valence-corrected chi connectivity index (χ0v) is 17.8. The molecular formula is C21H17F2N9O2. The molecule has 0 saturated carbocycles. The predicted molar refractivity (Wildman–Crippen MR) is 112 cm³/mol. The van der Waals surface area contributed by atoms with Crippen molar-refractivity contribution in [2.45, 2.75) is 25.9 Å². The number of hydrogen-bond donors (Lipinski definition) is 1. The Bertz CT molecular complexity index is 1520. The van der Waals surface area contributed by atoms with E-state index in [1.165, 1.54) is 6.07 Å². The van der Waals surface area contributed by atoms with E-state index in [1.54, 1.807) is 15.7 Å². The summed E-state index contributed by atoms with van der Waals surface area (Å²) in [5, 5.41) is 16.1. The number of hydrogen-bond acceptors (Lipinski definition) is 7. The molecule has 6 rings (SSSR count). The lowest BCUT2D eigenvalue weighted by Crippen LogP contribution is -2.41. The van der Waals surface area contributed by atoms with Crippen LogP contribution in [0.2, 0.25) is 0 Å². The van der Waals surface area contributed by atoms with E-state index < -0.39 is 18.5 Å². The van der Waals surface area contributed by atoms with Gasteiger partial charge in [-0.15, -0.1) is 10.2 Å². The monoisotopic (exact) mass is 465 g/mol. The normalized spacial score (nSPS) is 15.9. The minimum Gasteiger partial charge on any atom is -0.411 e. The highest BCUT2D eigenvalue weighted by atomic mass is 19.3. The predicted octanol–water partition coefficient (Wildman–Crippen LogP) is 2.80. The molecule has 1 atom stereocenters. The zero-order valence-electron chi connectivity index (χ0n) is 17.8. The van der Waals surface area contributed by atoms with E-state index >= 15 is 0 Å². The summed E-state index contributed by atoms with van der Waals surface area (Å²) in [6.45, 7) is -0.452. The standard InChI is InChI=1S/C21H17F2N9O2/c1-11-3-2-6-31-15(11)9-14(29-31)17-16-12(24-10-25-16)4-7-30(17)20(33)19-27-26-18(34-19)13-5-8-32(28-13)21(22)23/h2-3,5-6,8-10,17,21H,4,7H2,1H3,(H,24,25)/t17-/m0/s1. The number of aryl methyl sites for hydroxylation is 1. The molecule has 0 unspecified atom stereocenters. The van der Waals surface area contributed by atoms with Crippen LogP contribution in [0.15, 0.2) is 47.4 Å². The van der Waals surface area contributed by atoms with Crippen LogP contribution in [0.3, 0.4) is 0 Å². The van der Waals surface area contributed by atoms with Crippen molar-refractivity contribution in [2.75, 3.05) is 6.54 Å². The Morgan fingerprint density at radius 2 is 2.12 bits per heavy atom. The first-order chi connectivity index (χ1) is 16.5. The molecule has 0 bridgehead atoms. The molecule has 11 nitrogen and oxygen atoms in total. The van der Waals surface area contributed by atoms with Gasteiger partial charge in [-0.1, -0.05) is 6.07 Å². The number of carbonyl (C=O) groups excluding carboxylic acids is 1. The van der Waals surface area contributed by atoms with Crippen LogP contribution in [-0.2, 0) is 6.42 Å². The third kappa shape index (κ3) is 3.16. The summed E-state index contributed by atoms with van der Waals surface area (Å²) in [5.41, 5.74) is 4.27. The van der Waals surface area contributed by atoms with Gasteiger partial charge in [0.2, 0.25) is 0 Å². The van der Waals surface area contributed by atoms with Crippen LogP contribution >= 0.6 is 0 Å². The molecule has 1 amide bonds. The molecule has 34 heavy (non-hydrogen) atoms. The lowest BCUT2D eigenvalue weighted by Gasteiger charge is -2.32. The largest absolute Gasteiger partial charge is 0.411 e. The molecule has 5 aromatic rings. The van der Waals surface area contributed by atoms with E-state index in [4.69, 9.17) is 9.52 Å². The first kappa shape index (κ1) is 20.2. The number of imidazole rings is 1. The fourth-order valence-electron chi connectivity index (χ4n) is 4.20. The number of H-pyrrole nitrogens is 1. The van der Waals surface area contributed by atoms with Crippen LogP contribution in [0.1, 0.15) is 45.9 Å². The Morgan fingerprint density at radius 1 is 1.24 bits per heavy atom. The van der Waals surface area contributed by atoms with E-state index in [2.05, 4.69) is 25.3 Å². The first-order valence-corrected chi connectivity index (χ1v) is 10.4. The van der Waals surface area contributed by atoms with Crippen LogP contribution in [0.4, 0.5) is 8.78 Å². The third-order valence-electron chi connectivity index (χ3n) is 5.83. The smallest absolute Gasteiger partial charge is 0.333 e. The van der Waals surface area contributed by atoms with E-state index in [0.717, 1.165) is 23.0 Å². The van der Waals surface area contributed by atoms with Crippen LogP contribution in [0, 0.1) is 6.92 Å². The van der Waals surface area contributed by atoms with Gasteiger partial charge in [0, 0.05) is 31.1 Å². The molecule has 1 aliphatic rings. The number of pyridine rings is 1. The third-order valence-corrected chi connectivity index (χ3v) is 5.83. The second-order valence-electron chi connectivity index (χ2n) is 7.88. The molecule has 0 spiro atoms. The quantitative estimate of drug-likeness (QED) is 0.433. The molecule has 1 N–H and O–H groups in total. The van der Waals surface area contributed by atoms with E-state index in [0.29, 0.717) is 29.0 Å². The van der Waals surface area contributed by atoms with Crippen LogP contribution in [0.5, 0.6) is 0 Å². The average molecular weight is 465 g/mol. The zero-order chi connectivity index (χ0) is 23.4. The summed E-state index contributed by atoms with van der Waals surface area (Å²) in [7, 11) is 0. The molecule has 172 valence electrons.